The number of amides is 1. The molecule has 12 nitrogen and oxygen atoms in total. The molecule has 1 amide bonds. The number of rotatable bonds is 8. The molecule has 256 valence electrons. The first-order valence-corrected chi connectivity index (χ1v) is 17.9. The molecule has 9 rings (SSSR count). The second-order valence-electron chi connectivity index (χ2n) is 12.8. The molecule has 5 aromatic heterocycles. The molecule has 7 aromatic rings. The predicted octanol–water partition coefficient (Wildman–Crippen LogP) is 6.54. The molecule has 0 spiro atoms. The van der Waals surface area contributed by atoms with Gasteiger partial charge in [-0.15, -0.1) is 11.3 Å². The molecule has 1 aliphatic heterocycles. The minimum absolute atomic E-state index is 0.00322. The lowest BCUT2D eigenvalue weighted by molar-refractivity contribution is 0.0747. The fourth-order valence-corrected chi connectivity index (χ4v) is 7.49. The zero-order valence-corrected chi connectivity index (χ0v) is 28.8. The second kappa shape index (κ2) is 12.6. The number of fused-ring (bicyclic) bond motifs is 1. The van der Waals surface area contributed by atoms with E-state index in [9.17, 15) is 14.7 Å². The summed E-state index contributed by atoms with van der Waals surface area (Å²) in [6.07, 6.45) is 5.65. The van der Waals surface area contributed by atoms with Gasteiger partial charge in [0.2, 0.25) is 5.56 Å². The van der Waals surface area contributed by atoms with Crippen molar-refractivity contribution in [2.75, 3.05) is 31.1 Å². The monoisotopic (exact) mass is 718 g/mol. The number of carbonyl (C=O) groups is 1. The molecule has 0 bridgehead atoms. The van der Waals surface area contributed by atoms with E-state index in [1.807, 2.05) is 43.8 Å². The summed E-state index contributed by atoms with van der Waals surface area (Å²) in [5.74, 6) is 1.39. The van der Waals surface area contributed by atoms with Gasteiger partial charge in [0.25, 0.3) is 5.91 Å². The van der Waals surface area contributed by atoms with Crippen LogP contribution in [0.5, 0.6) is 5.75 Å². The number of pyridine rings is 1. The number of thiazole rings is 1. The van der Waals surface area contributed by atoms with Crippen LogP contribution < -0.4 is 10.5 Å². The van der Waals surface area contributed by atoms with Crippen LogP contribution in [0.4, 0.5) is 5.13 Å². The standard InChI is InChI=1S/C37H31ClN8O4S/c38-33-9-8-32(50-33)30-19-27(23-2-3-23)42-46(30)25-5-6-29-28(18-25)41-35(45(29)21-22-1-10-34(48)40-20-22)26-17-24(4-7-31(26)47)36(49)43-12-14-44(15-13-43)37-39-11-16-51-37/h1,4-11,16-20,23,47H,2-3,12-15,21H2,(H,40,48). The van der Waals surface area contributed by atoms with Gasteiger partial charge in [-0.25, -0.2) is 14.6 Å². The van der Waals surface area contributed by atoms with Crippen molar-refractivity contribution in [1.29, 1.82) is 0 Å². The fourth-order valence-electron chi connectivity index (χ4n) is 6.65. The summed E-state index contributed by atoms with van der Waals surface area (Å²) in [6, 6.07) is 19.7. The number of piperazine rings is 1. The Hall–Kier alpha value is -5.66. The number of aromatic hydroxyl groups is 1. The van der Waals surface area contributed by atoms with E-state index < -0.39 is 0 Å². The normalized spacial score (nSPS) is 14.8. The summed E-state index contributed by atoms with van der Waals surface area (Å²) in [5, 5.41) is 19.4. The summed E-state index contributed by atoms with van der Waals surface area (Å²) < 4.78 is 9.63. The van der Waals surface area contributed by atoms with Gasteiger partial charge < -0.3 is 28.9 Å². The molecule has 2 fully saturated rings. The molecule has 51 heavy (non-hydrogen) atoms. The Bertz CT molecular complexity index is 2450. The van der Waals surface area contributed by atoms with Crippen molar-refractivity contribution in [2.45, 2.75) is 25.3 Å². The predicted molar refractivity (Wildman–Crippen MR) is 195 cm³/mol. The maximum absolute atomic E-state index is 13.8. The van der Waals surface area contributed by atoms with Gasteiger partial charge in [0, 0.05) is 61.5 Å². The number of aromatic nitrogens is 6. The van der Waals surface area contributed by atoms with Crippen molar-refractivity contribution in [3.63, 3.8) is 0 Å². The van der Waals surface area contributed by atoms with Crippen LogP contribution in [-0.4, -0.2) is 71.4 Å². The molecule has 1 aliphatic carbocycles. The Balaban J connectivity index is 1.11. The van der Waals surface area contributed by atoms with E-state index in [1.165, 1.54) is 6.07 Å². The van der Waals surface area contributed by atoms with Crippen LogP contribution in [0, 0.1) is 0 Å². The van der Waals surface area contributed by atoms with Gasteiger partial charge in [-0.1, -0.05) is 6.07 Å². The van der Waals surface area contributed by atoms with Crippen LogP contribution in [0.25, 0.3) is 39.6 Å². The number of carbonyl (C=O) groups excluding carboxylic acids is 1. The molecule has 2 N–H and O–H groups in total. The molecule has 0 atom stereocenters. The molecule has 2 aromatic carbocycles. The maximum atomic E-state index is 13.8. The van der Waals surface area contributed by atoms with Gasteiger partial charge in [-0.2, -0.15) is 5.10 Å². The Labute approximate surface area is 300 Å². The number of imidazole rings is 1. The van der Waals surface area contributed by atoms with E-state index in [4.69, 9.17) is 26.1 Å². The lowest BCUT2D eigenvalue weighted by Gasteiger charge is -2.34. The SMILES string of the molecule is O=C(c1ccc(O)c(-c2nc3cc(-n4nc(C5CC5)cc4-c4ccc(Cl)o4)ccc3n2Cc2ccc(=O)[nH]c2)c1)N1CCN(c2nccs2)CC1. The third kappa shape index (κ3) is 5.97. The van der Waals surface area contributed by atoms with E-state index in [0.717, 1.165) is 46.1 Å². The summed E-state index contributed by atoms with van der Waals surface area (Å²) in [5.41, 5.74) is 5.54. The maximum Gasteiger partial charge on any atom is 0.254 e. The number of furan rings is 1. The average Bonchev–Trinajstić information content (AvgIpc) is 3.50. The number of phenols is 1. The zero-order valence-electron chi connectivity index (χ0n) is 27.2. The number of nitrogens with one attached hydrogen (secondary N) is 1. The van der Waals surface area contributed by atoms with Crippen molar-refractivity contribution in [3.8, 4) is 34.3 Å². The Morgan fingerprint density at radius 2 is 1.88 bits per heavy atom. The molecular formula is C37H31ClN8O4S. The van der Waals surface area contributed by atoms with Crippen molar-refractivity contribution < 1.29 is 14.3 Å². The van der Waals surface area contributed by atoms with E-state index in [1.54, 1.807) is 54.1 Å². The number of halogens is 1. The van der Waals surface area contributed by atoms with E-state index >= 15 is 0 Å². The molecule has 0 unspecified atom stereocenters. The van der Waals surface area contributed by atoms with Crippen molar-refractivity contribution in [1.82, 2.24) is 34.2 Å². The number of nitrogens with zero attached hydrogens (tertiary/aromatic N) is 7. The van der Waals surface area contributed by atoms with Gasteiger partial charge in [0.1, 0.15) is 17.3 Å². The van der Waals surface area contributed by atoms with Gasteiger partial charge in [0.15, 0.2) is 16.1 Å². The van der Waals surface area contributed by atoms with Crippen LogP contribution in [0.3, 0.4) is 0 Å². The number of phenolic OH excluding ortho intramolecular Hbond substituents is 1. The first-order valence-electron chi connectivity index (χ1n) is 16.7. The van der Waals surface area contributed by atoms with Crippen molar-refractivity contribution >= 4 is 45.0 Å². The van der Waals surface area contributed by atoms with E-state index in [2.05, 4.69) is 20.9 Å². The Kier molecular flexibility index (Phi) is 7.73. The minimum Gasteiger partial charge on any atom is -0.507 e. The fraction of sp³-hybridized carbons (Fsp3) is 0.216. The number of aromatic amines is 1. The summed E-state index contributed by atoms with van der Waals surface area (Å²) in [7, 11) is 0. The van der Waals surface area contributed by atoms with Crippen LogP contribution in [-0.2, 0) is 6.54 Å². The highest BCUT2D eigenvalue weighted by molar-refractivity contribution is 7.13. The molecule has 1 saturated carbocycles. The van der Waals surface area contributed by atoms with Crippen LogP contribution in [0.2, 0.25) is 5.22 Å². The molecule has 1 saturated heterocycles. The van der Waals surface area contributed by atoms with Crippen molar-refractivity contribution in [2.24, 2.45) is 0 Å². The van der Waals surface area contributed by atoms with E-state index in [0.29, 0.717) is 72.1 Å². The Morgan fingerprint density at radius 1 is 1.02 bits per heavy atom. The summed E-state index contributed by atoms with van der Waals surface area (Å²) in [6.45, 7) is 2.85. The minimum atomic E-state index is -0.200. The molecule has 2 aliphatic rings. The highest BCUT2D eigenvalue weighted by Gasteiger charge is 2.29. The summed E-state index contributed by atoms with van der Waals surface area (Å²) in [4.78, 5) is 41.9. The van der Waals surface area contributed by atoms with Gasteiger partial charge in [-0.3, -0.25) is 9.59 Å². The molecule has 6 heterocycles. The van der Waals surface area contributed by atoms with Crippen LogP contribution >= 0.6 is 22.9 Å². The highest BCUT2D eigenvalue weighted by Crippen LogP contribution is 2.42. The zero-order chi connectivity index (χ0) is 34.6. The van der Waals surface area contributed by atoms with Crippen LogP contribution in [0.15, 0.2) is 93.7 Å². The molecular weight excluding hydrogens is 688 g/mol. The molecule has 14 heteroatoms. The van der Waals surface area contributed by atoms with Crippen LogP contribution in [0.1, 0.15) is 40.4 Å². The topological polar surface area (TPSA) is 138 Å². The second-order valence-corrected chi connectivity index (χ2v) is 14.1. The number of hydrogen-bond acceptors (Lipinski definition) is 9. The highest BCUT2D eigenvalue weighted by atomic mass is 35.5. The Morgan fingerprint density at radius 3 is 2.61 bits per heavy atom. The summed E-state index contributed by atoms with van der Waals surface area (Å²) >= 11 is 7.75. The first-order chi connectivity index (χ1) is 24.9. The third-order valence-corrected chi connectivity index (χ3v) is 10.5. The number of benzene rings is 2. The third-order valence-electron chi connectivity index (χ3n) is 9.46. The number of H-pyrrole nitrogens is 1. The van der Waals surface area contributed by atoms with E-state index in [-0.39, 0.29) is 17.2 Å². The van der Waals surface area contributed by atoms with Gasteiger partial charge in [0.05, 0.1) is 34.5 Å². The quantitative estimate of drug-likeness (QED) is 0.181. The first kappa shape index (κ1) is 31.3. The lowest BCUT2D eigenvalue weighted by Crippen LogP contribution is -2.48. The number of hydrogen-bond donors (Lipinski definition) is 2. The lowest BCUT2D eigenvalue weighted by atomic mass is 10.1. The largest absolute Gasteiger partial charge is 0.507 e. The molecule has 0 radical (unpaired) electrons. The average molecular weight is 719 g/mol. The smallest absolute Gasteiger partial charge is 0.254 e. The number of anilines is 1. The van der Waals surface area contributed by atoms with Crippen molar-refractivity contribution in [3.05, 3.63) is 117 Å². The van der Waals surface area contributed by atoms with Gasteiger partial charge >= 0.3 is 0 Å². The van der Waals surface area contributed by atoms with Gasteiger partial charge in [-0.05, 0) is 84.6 Å².